The highest BCUT2D eigenvalue weighted by molar-refractivity contribution is 5.72. The minimum atomic E-state index is -0.231. The Morgan fingerprint density at radius 3 is 0.597 bits per heavy atom. The fraction of sp³-hybridized carbons (Fsp3) is 0.562. The molecule has 0 unspecified atom stereocenters. The van der Waals surface area contributed by atoms with Gasteiger partial charge < -0.3 is 18.9 Å². The van der Waals surface area contributed by atoms with Gasteiger partial charge in [-0.15, -0.1) is 0 Å². The lowest BCUT2D eigenvalue weighted by molar-refractivity contribution is -0.144. The summed E-state index contributed by atoms with van der Waals surface area (Å²) in [5, 5.41) is 0. The predicted octanol–water partition coefficient (Wildman–Crippen LogP) is 13.5. The lowest BCUT2D eigenvalue weighted by Crippen LogP contribution is -2.20. The molecule has 0 saturated heterocycles. The molecule has 0 N–H and O–H groups in total. The Hall–Kier alpha value is -5.24. The number of hydrogen-bond donors (Lipinski definition) is 0. The zero-order valence-corrected chi connectivity index (χ0v) is 47.2. The standard InChI is InChI=1S/C64H88O8/c1-17-69-57(65)25-21-53-41-29-43-35-50(62(8,9)10)37-45(54(43)22-26-58(66)70-18-2)31-47-39-52(64(14,15)16)40-48(56(47)24-28-60(68)72-20-4)32-46-38-51(63(11,12)13)36-44(55(46)23-27-59(67)71-19-3)30-42(53)34-49(33-41)61(5,6)7/h33-40H,17-32H2,1-16H3. The first-order valence-electron chi connectivity index (χ1n) is 26.9. The largest absolute Gasteiger partial charge is 0.466 e. The second-order valence-electron chi connectivity index (χ2n) is 24.0. The number of rotatable bonds is 16. The first kappa shape index (κ1) is 57.7. The van der Waals surface area contributed by atoms with Gasteiger partial charge in [-0.3, -0.25) is 19.2 Å². The minimum absolute atomic E-state index is 0.215. The van der Waals surface area contributed by atoms with Gasteiger partial charge in [0.15, 0.2) is 0 Å². The van der Waals surface area contributed by atoms with E-state index in [9.17, 15) is 19.2 Å². The first-order chi connectivity index (χ1) is 33.7. The van der Waals surface area contributed by atoms with Crippen LogP contribution in [0.2, 0.25) is 0 Å². The highest BCUT2D eigenvalue weighted by Gasteiger charge is 2.29. The second kappa shape index (κ2) is 24.2. The van der Waals surface area contributed by atoms with Crippen LogP contribution in [0.1, 0.15) is 225 Å². The van der Waals surface area contributed by atoms with Crippen molar-refractivity contribution in [3.8, 4) is 0 Å². The summed E-state index contributed by atoms with van der Waals surface area (Å²) in [6, 6.07) is 18.9. The van der Waals surface area contributed by atoms with Gasteiger partial charge in [-0.25, -0.2) is 0 Å². The average Bonchev–Trinajstić information content (AvgIpc) is 3.26. The maximum atomic E-state index is 13.4. The molecule has 0 heterocycles. The number of carbonyl (C=O) groups excluding carboxylic acids is 4. The second-order valence-corrected chi connectivity index (χ2v) is 24.0. The molecule has 0 amide bonds. The molecule has 5 rings (SSSR count). The van der Waals surface area contributed by atoms with Crippen LogP contribution in [0.15, 0.2) is 48.5 Å². The molecular weight excluding hydrogens is 897 g/mol. The molecule has 8 nitrogen and oxygen atoms in total. The van der Waals surface area contributed by atoms with Gasteiger partial charge >= 0.3 is 23.9 Å². The Morgan fingerprint density at radius 2 is 0.472 bits per heavy atom. The van der Waals surface area contributed by atoms with Crippen LogP contribution in [0, 0.1) is 0 Å². The van der Waals surface area contributed by atoms with Gasteiger partial charge in [0, 0.05) is 25.7 Å². The van der Waals surface area contributed by atoms with Crippen molar-refractivity contribution in [1.29, 1.82) is 0 Å². The molecule has 4 aromatic carbocycles. The highest BCUT2D eigenvalue weighted by Crippen LogP contribution is 2.40. The van der Waals surface area contributed by atoms with Crippen LogP contribution in [0.25, 0.3) is 0 Å². The molecule has 1 aliphatic rings. The van der Waals surface area contributed by atoms with E-state index in [0.717, 1.165) is 66.8 Å². The summed E-state index contributed by atoms with van der Waals surface area (Å²) in [5.41, 5.74) is 17.6. The van der Waals surface area contributed by atoms with E-state index >= 15 is 0 Å². The Balaban J connectivity index is 2.04. The van der Waals surface area contributed by atoms with Crippen LogP contribution in [0.3, 0.4) is 0 Å². The molecule has 1 aliphatic carbocycles. The van der Waals surface area contributed by atoms with Crippen molar-refractivity contribution in [2.75, 3.05) is 26.4 Å². The van der Waals surface area contributed by atoms with Crippen molar-refractivity contribution in [2.45, 2.75) is 209 Å². The summed E-state index contributed by atoms with van der Waals surface area (Å²) in [4.78, 5) is 53.5. The van der Waals surface area contributed by atoms with Crippen molar-refractivity contribution in [3.63, 3.8) is 0 Å². The minimum Gasteiger partial charge on any atom is -0.466 e. The van der Waals surface area contributed by atoms with E-state index in [2.05, 4.69) is 132 Å². The monoisotopic (exact) mass is 985 g/mol. The fourth-order valence-electron chi connectivity index (χ4n) is 10.1. The van der Waals surface area contributed by atoms with Crippen LogP contribution in [0.4, 0.5) is 0 Å². The molecule has 8 bridgehead atoms. The molecule has 392 valence electrons. The summed E-state index contributed by atoms with van der Waals surface area (Å²) in [6.45, 7) is 35.7. The lowest BCUT2D eigenvalue weighted by Gasteiger charge is -2.30. The molecule has 72 heavy (non-hydrogen) atoms. The number of esters is 4. The molecule has 0 aliphatic heterocycles. The van der Waals surface area contributed by atoms with E-state index in [1.54, 1.807) is 0 Å². The van der Waals surface area contributed by atoms with E-state index < -0.39 is 0 Å². The third-order valence-corrected chi connectivity index (χ3v) is 14.3. The number of ether oxygens (including phenoxy) is 4. The van der Waals surface area contributed by atoms with Crippen LogP contribution in [-0.4, -0.2) is 50.3 Å². The SMILES string of the molecule is CCOC(=O)CCc1c2cc(C(C)(C)C)cc1Cc1cc(C(C)(C)C)cc(c1CCC(=O)OCC)Cc1cc(C(C)(C)C)cc(c1CCC(=O)OCC)Cc1cc(C(C)(C)C)cc(c1CCC(=O)OCC)C2. The van der Waals surface area contributed by atoms with Crippen molar-refractivity contribution in [1.82, 2.24) is 0 Å². The Morgan fingerprint density at radius 1 is 0.319 bits per heavy atom. The molecule has 0 fully saturated rings. The van der Waals surface area contributed by atoms with Crippen molar-refractivity contribution in [3.05, 3.63) is 138 Å². The molecule has 4 aromatic rings. The Labute approximate surface area is 433 Å². The lowest BCUT2D eigenvalue weighted by atomic mass is 9.75. The van der Waals surface area contributed by atoms with Gasteiger partial charge in [-0.2, -0.15) is 0 Å². The van der Waals surface area contributed by atoms with Crippen LogP contribution in [-0.2, 0) is 111 Å². The number of carbonyl (C=O) groups is 4. The molecule has 0 radical (unpaired) electrons. The van der Waals surface area contributed by atoms with Crippen molar-refractivity contribution in [2.24, 2.45) is 0 Å². The number of benzene rings is 4. The smallest absolute Gasteiger partial charge is 0.306 e. The van der Waals surface area contributed by atoms with Gasteiger partial charge in [0.05, 0.1) is 26.4 Å². The maximum absolute atomic E-state index is 13.4. The van der Waals surface area contributed by atoms with Gasteiger partial charge in [0.1, 0.15) is 0 Å². The topological polar surface area (TPSA) is 105 Å². The highest BCUT2D eigenvalue weighted by atomic mass is 16.5. The molecule has 8 heteroatoms. The first-order valence-corrected chi connectivity index (χ1v) is 26.9. The van der Waals surface area contributed by atoms with Gasteiger partial charge in [0.2, 0.25) is 0 Å². The summed E-state index contributed by atoms with van der Waals surface area (Å²) in [6.07, 6.45) is 5.21. The van der Waals surface area contributed by atoms with E-state index in [1.807, 2.05) is 27.7 Å². The van der Waals surface area contributed by atoms with Gasteiger partial charge in [0.25, 0.3) is 0 Å². The summed E-state index contributed by atoms with van der Waals surface area (Å²) >= 11 is 0. The molecule has 0 saturated carbocycles. The fourth-order valence-corrected chi connectivity index (χ4v) is 10.1. The molecular formula is C64H88O8. The number of fused-ring (bicyclic) bond motifs is 8. The zero-order valence-electron chi connectivity index (χ0n) is 47.2. The van der Waals surface area contributed by atoms with Gasteiger partial charge in [-0.05, 0) is 190 Å². The van der Waals surface area contributed by atoms with Crippen molar-refractivity contribution >= 4 is 23.9 Å². The molecule has 0 aromatic heterocycles. The normalized spacial score (nSPS) is 13.1. The Kier molecular flexibility index (Phi) is 19.4. The predicted molar refractivity (Wildman–Crippen MR) is 292 cm³/mol. The van der Waals surface area contributed by atoms with E-state index in [-0.39, 0.29) is 71.2 Å². The third-order valence-electron chi connectivity index (χ3n) is 14.3. The van der Waals surface area contributed by atoms with Gasteiger partial charge in [-0.1, -0.05) is 132 Å². The summed E-state index contributed by atoms with van der Waals surface area (Å²) < 4.78 is 22.3. The van der Waals surface area contributed by atoms with E-state index in [0.29, 0.717) is 77.8 Å². The number of hydrogen-bond acceptors (Lipinski definition) is 8. The van der Waals surface area contributed by atoms with E-state index in [1.165, 1.54) is 22.3 Å². The molecule has 0 spiro atoms. The third kappa shape index (κ3) is 15.4. The molecule has 0 atom stereocenters. The van der Waals surface area contributed by atoms with Crippen LogP contribution < -0.4 is 0 Å². The maximum Gasteiger partial charge on any atom is 0.306 e. The van der Waals surface area contributed by atoms with Crippen LogP contribution >= 0.6 is 0 Å². The van der Waals surface area contributed by atoms with E-state index in [4.69, 9.17) is 18.9 Å². The average molecular weight is 985 g/mol. The van der Waals surface area contributed by atoms with Crippen LogP contribution in [0.5, 0.6) is 0 Å². The Bertz CT molecular complexity index is 2130. The van der Waals surface area contributed by atoms with Crippen molar-refractivity contribution < 1.29 is 38.1 Å². The zero-order chi connectivity index (χ0) is 53.3. The quantitative estimate of drug-likeness (QED) is 0.0711. The summed E-state index contributed by atoms with van der Waals surface area (Å²) in [5.74, 6) is -0.925. The summed E-state index contributed by atoms with van der Waals surface area (Å²) in [7, 11) is 0.